The number of hydrogen-bond acceptors (Lipinski definition) is 7. The number of benzene rings is 1. The second-order valence-electron chi connectivity index (χ2n) is 6.00. The summed E-state index contributed by atoms with van der Waals surface area (Å²) < 4.78 is 40.2. The summed E-state index contributed by atoms with van der Waals surface area (Å²) in [4.78, 5) is 8.05. The van der Waals surface area contributed by atoms with Gasteiger partial charge in [-0.2, -0.15) is 13.8 Å². The van der Waals surface area contributed by atoms with Crippen LogP contribution in [-0.2, 0) is 15.9 Å². The van der Waals surface area contributed by atoms with Crippen LogP contribution < -0.4 is 15.6 Å². The number of nitrogens with one attached hydrogen (secondary N) is 2. The normalized spacial score (nSPS) is 11.2. The highest BCUT2D eigenvalue weighted by molar-refractivity contribution is 6.32. The molecule has 2 aromatic rings. The Morgan fingerprint density at radius 3 is 2.38 bits per heavy atom. The fourth-order valence-corrected chi connectivity index (χ4v) is 3.29. The minimum absolute atomic E-state index is 0.0641. The third-order valence-electron chi connectivity index (χ3n) is 3.98. The summed E-state index contributed by atoms with van der Waals surface area (Å²) in [5.41, 5.74) is 8.52. The molecule has 2 N–H and O–H groups in total. The van der Waals surface area contributed by atoms with Crippen molar-refractivity contribution < 1.29 is 23.0 Å². The topological polar surface area (TPSA) is 77.5 Å². The summed E-state index contributed by atoms with van der Waals surface area (Å²) in [5.74, 6) is 0.345. The van der Waals surface area contributed by atoms with Crippen molar-refractivity contribution in [2.24, 2.45) is 0 Å². The molecule has 0 radical (unpaired) electrons. The quantitative estimate of drug-likeness (QED) is 0.218. The minimum Gasteiger partial charge on any atom is -0.435 e. The second-order valence-corrected chi connectivity index (χ2v) is 6.70. The summed E-state index contributed by atoms with van der Waals surface area (Å²) in [5, 5.41) is -0.00521. The minimum atomic E-state index is -2.89. The zero-order valence-electron chi connectivity index (χ0n) is 16.4. The average molecular weight is 451 g/mol. The maximum absolute atomic E-state index is 12.6. The Morgan fingerprint density at radius 1 is 1.10 bits per heavy atom. The fourth-order valence-electron chi connectivity index (χ4n) is 2.81. The molecule has 0 unspecified atom stereocenters. The van der Waals surface area contributed by atoms with E-state index in [0.29, 0.717) is 23.2 Å². The Balaban J connectivity index is 2.38. The lowest BCUT2D eigenvalue weighted by atomic mass is 10.0. The van der Waals surface area contributed by atoms with E-state index in [1.165, 1.54) is 20.3 Å². The fraction of sp³-hybridized carbons (Fsp3) is 0.444. The van der Waals surface area contributed by atoms with Gasteiger partial charge in [-0.15, -0.1) is 0 Å². The molecule has 0 spiro atoms. The molecule has 0 saturated carbocycles. The van der Waals surface area contributed by atoms with Gasteiger partial charge in [-0.25, -0.2) is 4.98 Å². The summed E-state index contributed by atoms with van der Waals surface area (Å²) >= 11 is 12.1. The lowest BCUT2D eigenvalue weighted by Gasteiger charge is -2.21. The summed E-state index contributed by atoms with van der Waals surface area (Å²) in [7, 11) is 2.89. The van der Waals surface area contributed by atoms with E-state index in [4.69, 9.17) is 32.7 Å². The van der Waals surface area contributed by atoms with E-state index in [9.17, 15) is 8.78 Å². The van der Waals surface area contributed by atoms with Crippen molar-refractivity contribution in [2.45, 2.75) is 39.6 Å². The Kier molecular flexibility index (Phi) is 8.63. The van der Waals surface area contributed by atoms with E-state index in [1.807, 2.05) is 6.92 Å². The Morgan fingerprint density at radius 2 is 1.79 bits per heavy atom. The number of nitrogens with zero attached hydrogens (tertiary/aromatic N) is 2. The molecule has 0 aliphatic rings. The molecular formula is C18H22Cl2F2N4O3. The van der Waals surface area contributed by atoms with Gasteiger partial charge in [0.25, 0.3) is 0 Å². The van der Waals surface area contributed by atoms with Gasteiger partial charge in [-0.05, 0) is 48.2 Å². The summed E-state index contributed by atoms with van der Waals surface area (Å²) in [6.45, 7) is 0.862. The highest BCUT2D eigenvalue weighted by Gasteiger charge is 2.22. The molecule has 0 atom stereocenters. The number of methoxy groups -OCH3 is 2. The first-order chi connectivity index (χ1) is 13.8. The number of halogens is 4. The molecule has 29 heavy (non-hydrogen) atoms. The molecule has 0 aliphatic carbocycles. The third-order valence-corrected chi connectivity index (χ3v) is 4.43. The zero-order valence-corrected chi connectivity index (χ0v) is 17.9. The van der Waals surface area contributed by atoms with Gasteiger partial charge in [0, 0.05) is 14.2 Å². The predicted molar refractivity (Wildman–Crippen MR) is 108 cm³/mol. The van der Waals surface area contributed by atoms with Crippen LogP contribution in [0, 0.1) is 6.92 Å². The van der Waals surface area contributed by atoms with E-state index >= 15 is 0 Å². The van der Waals surface area contributed by atoms with Crippen LogP contribution in [0.4, 0.5) is 20.3 Å². The summed E-state index contributed by atoms with van der Waals surface area (Å²) in [6.07, 6.45) is 0.613. The van der Waals surface area contributed by atoms with Crippen molar-refractivity contribution in [3.05, 3.63) is 39.3 Å². The Labute approximate surface area is 177 Å². The molecule has 1 aromatic heterocycles. The highest BCUT2D eigenvalue weighted by Crippen LogP contribution is 2.33. The number of ether oxygens (including phenoxy) is 3. The SMILES string of the molecule is CCCc1cc(OC(F)F)cc(C)c1NNc1nc(Cl)nc(Cl)c1C(OC)OC. The average Bonchev–Trinajstić information content (AvgIpc) is 2.63. The first-order valence-corrected chi connectivity index (χ1v) is 9.45. The molecule has 7 nitrogen and oxygen atoms in total. The largest absolute Gasteiger partial charge is 0.435 e. The lowest BCUT2D eigenvalue weighted by molar-refractivity contribution is -0.105. The number of aryl methyl sites for hydroxylation is 2. The number of anilines is 2. The van der Waals surface area contributed by atoms with E-state index in [1.54, 1.807) is 13.0 Å². The summed E-state index contributed by atoms with van der Waals surface area (Å²) in [6, 6.07) is 3.09. The van der Waals surface area contributed by atoms with Crippen LogP contribution in [0.2, 0.25) is 10.4 Å². The van der Waals surface area contributed by atoms with Gasteiger partial charge in [0.2, 0.25) is 5.28 Å². The van der Waals surface area contributed by atoms with Crippen LogP contribution in [0.1, 0.15) is 36.3 Å². The van der Waals surface area contributed by atoms with Gasteiger partial charge in [0.05, 0.1) is 11.3 Å². The first-order valence-electron chi connectivity index (χ1n) is 8.69. The predicted octanol–water partition coefficient (Wildman–Crippen LogP) is 5.38. The molecule has 0 amide bonds. The van der Waals surface area contributed by atoms with Crippen LogP contribution in [0.3, 0.4) is 0 Å². The van der Waals surface area contributed by atoms with Crippen LogP contribution in [0.15, 0.2) is 12.1 Å². The first kappa shape index (κ1) is 23.3. The van der Waals surface area contributed by atoms with E-state index in [0.717, 1.165) is 12.0 Å². The number of rotatable bonds is 10. The molecule has 11 heteroatoms. The van der Waals surface area contributed by atoms with Crippen molar-refractivity contribution in [1.29, 1.82) is 0 Å². The zero-order chi connectivity index (χ0) is 21.6. The van der Waals surface area contributed by atoms with Gasteiger partial charge in [0.15, 0.2) is 12.1 Å². The number of alkyl halides is 2. The molecule has 1 aromatic carbocycles. The number of aromatic nitrogens is 2. The molecule has 0 bridgehead atoms. The van der Waals surface area contributed by atoms with E-state index in [-0.39, 0.29) is 22.0 Å². The second kappa shape index (κ2) is 10.7. The molecule has 160 valence electrons. The molecule has 0 saturated heterocycles. The van der Waals surface area contributed by atoms with Gasteiger partial charge >= 0.3 is 6.61 Å². The smallest absolute Gasteiger partial charge is 0.387 e. The van der Waals surface area contributed by atoms with Crippen molar-refractivity contribution in [1.82, 2.24) is 9.97 Å². The number of hydrogen-bond donors (Lipinski definition) is 2. The number of hydrazine groups is 1. The van der Waals surface area contributed by atoms with E-state index < -0.39 is 12.9 Å². The maximum Gasteiger partial charge on any atom is 0.387 e. The molecule has 0 fully saturated rings. The van der Waals surface area contributed by atoms with Crippen molar-refractivity contribution in [2.75, 3.05) is 25.1 Å². The van der Waals surface area contributed by atoms with Gasteiger partial charge in [-0.3, -0.25) is 10.9 Å². The standard InChI is InChI=1S/C18H22Cl2F2N4O3/c1-5-6-10-8-11(29-18(21)22)7-9(2)13(10)25-26-15-12(16(27-3)28-4)14(19)23-17(20)24-15/h7-8,16,18,25H,5-6H2,1-4H3,(H,23,24,26). The molecular weight excluding hydrogens is 429 g/mol. The monoisotopic (exact) mass is 450 g/mol. The maximum atomic E-state index is 12.6. The van der Waals surface area contributed by atoms with Crippen LogP contribution in [-0.4, -0.2) is 30.8 Å². The molecule has 0 aliphatic heterocycles. The van der Waals surface area contributed by atoms with E-state index in [2.05, 4.69) is 25.6 Å². The van der Waals surface area contributed by atoms with Crippen molar-refractivity contribution in [3.63, 3.8) is 0 Å². The lowest BCUT2D eigenvalue weighted by Crippen LogP contribution is -2.18. The van der Waals surface area contributed by atoms with Crippen LogP contribution in [0.5, 0.6) is 5.75 Å². The third kappa shape index (κ3) is 6.02. The van der Waals surface area contributed by atoms with Gasteiger partial charge in [-0.1, -0.05) is 24.9 Å². The Bertz CT molecular complexity index is 839. The molecule has 2 rings (SSSR count). The highest BCUT2D eigenvalue weighted by atomic mass is 35.5. The van der Waals surface area contributed by atoms with Crippen LogP contribution >= 0.6 is 23.2 Å². The van der Waals surface area contributed by atoms with Crippen LogP contribution in [0.25, 0.3) is 0 Å². The van der Waals surface area contributed by atoms with Gasteiger partial charge < -0.3 is 14.2 Å². The van der Waals surface area contributed by atoms with Crippen molar-refractivity contribution in [3.8, 4) is 5.75 Å². The van der Waals surface area contributed by atoms with Crippen molar-refractivity contribution >= 4 is 34.7 Å². The molecule has 1 heterocycles. The van der Waals surface area contributed by atoms with Gasteiger partial charge in [0.1, 0.15) is 10.9 Å². The Hall–Kier alpha value is -1.94.